The summed E-state index contributed by atoms with van der Waals surface area (Å²) in [5.41, 5.74) is 0. The van der Waals surface area contributed by atoms with Gasteiger partial charge in [0.2, 0.25) is 0 Å². The monoisotopic (exact) mass is 260 g/mol. The van der Waals surface area contributed by atoms with Crippen LogP contribution in [-0.4, -0.2) is 65.8 Å². The fourth-order valence-electron chi connectivity index (χ4n) is 1.70. The molecule has 0 radical (unpaired) electrons. The summed E-state index contributed by atoms with van der Waals surface area (Å²) in [6.45, 7) is 7.51. The average molecular weight is 260 g/mol. The number of ether oxygens (including phenoxy) is 3. The largest absolute Gasteiger partial charge is 0.387 e. The lowest BCUT2D eigenvalue weighted by molar-refractivity contribution is -0.294. The van der Waals surface area contributed by atoms with Crippen molar-refractivity contribution in [2.24, 2.45) is 0 Å². The number of hydrogen-bond acceptors (Lipinski definition) is 6. The van der Waals surface area contributed by atoms with E-state index in [0.717, 1.165) is 0 Å². The quantitative estimate of drug-likeness (QED) is 0.410. The molecule has 104 valence electrons. The highest BCUT2D eigenvalue weighted by atomic mass is 16.7. The lowest BCUT2D eigenvalue weighted by atomic mass is 9.99. The number of hydrogen-bond donors (Lipinski definition) is 3. The van der Waals surface area contributed by atoms with Crippen molar-refractivity contribution >= 4 is 0 Å². The molecule has 0 unspecified atom stereocenters. The predicted octanol–water partition coefficient (Wildman–Crippen LogP) is -0.801. The Morgan fingerprint density at radius 2 is 1.72 bits per heavy atom. The van der Waals surface area contributed by atoms with Gasteiger partial charge in [0, 0.05) is 0 Å². The summed E-state index contributed by atoms with van der Waals surface area (Å²) >= 11 is 0. The Labute approximate surface area is 106 Å². The van der Waals surface area contributed by atoms with Crippen LogP contribution < -0.4 is 0 Å². The lowest BCUT2D eigenvalue weighted by Gasteiger charge is -2.40. The second-order valence-electron chi connectivity index (χ2n) is 3.96. The topological polar surface area (TPSA) is 88.4 Å². The van der Waals surface area contributed by atoms with Crippen molar-refractivity contribution in [3.8, 4) is 0 Å². The molecular formula is C12H20O6. The molecule has 0 spiro atoms. The molecule has 0 aromatic rings. The van der Waals surface area contributed by atoms with Crippen molar-refractivity contribution < 1.29 is 29.5 Å². The summed E-state index contributed by atoms with van der Waals surface area (Å²) in [5.74, 6) is 0. The molecule has 0 aromatic carbocycles. The molecule has 1 fully saturated rings. The van der Waals surface area contributed by atoms with Gasteiger partial charge in [-0.2, -0.15) is 0 Å². The summed E-state index contributed by atoms with van der Waals surface area (Å²) in [6.07, 6.45) is -2.47. The average Bonchev–Trinajstić information content (AvgIpc) is 2.36. The van der Waals surface area contributed by atoms with Gasteiger partial charge in [-0.15, -0.1) is 13.2 Å². The Morgan fingerprint density at radius 1 is 1.06 bits per heavy atom. The first-order valence-corrected chi connectivity index (χ1v) is 5.72. The molecule has 1 rings (SSSR count). The van der Waals surface area contributed by atoms with E-state index in [1.54, 1.807) is 6.08 Å². The minimum atomic E-state index is -1.42. The zero-order chi connectivity index (χ0) is 13.5. The van der Waals surface area contributed by atoms with Crippen LogP contribution in [0.2, 0.25) is 0 Å². The first-order valence-electron chi connectivity index (χ1n) is 5.72. The van der Waals surface area contributed by atoms with Crippen LogP contribution in [0.4, 0.5) is 0 Å². The molecular weight excluding hydrogens is 240 g/mol. The fourth-order valence-corrected chi connectivity index (χ4v) is 1.70. The highest BCUT2D eigenvalue weighted by molar-refractivity contribution is 4.90. The molecule has 5 atom stereocenters. The van der Waals surface area contributed by atoms with Crippen molar-refractivity contribution in [3.63, 3.8) is 0 Å². The minimum Gasteiger partial charge on any atom is -0.387 e. The van der Waals surface area contributed by atoms with Crippen LogP contribution in [0.25, 0.3) is 0 Å². The molecule has 6 heteroatoms. The summed E-state index contributed by atoms with van der Waals surface area (Å²) < 4.78 is 15.4. The van der Waals surface area contributed by atoms with Gasteiger partial charge in [-0.3, -0.25) is 0 Å². The number of rotatable bonds is 7. The van der Waals surface area contributed by atoms with Crippen LogP contribution >= 0.6 is 0 Å². The van der Waals surface area contributed by atoms with E-state index in [1.165, 1.54) is 6.08 Å². The van der Waals surface area contributed by atoms with Crippen molar-refractivity contribution in [2.45, 2.75) is 30.7 Å². The van der Waals surface area contributed by atoms with Gasteiger partial charge >= 0.3 is 0 Å². The van der Waals surface area contributed by atoms with E-state index < -0.39 is 30.7 Å². The van der Waals surface area contributed by atoms with E-state index in [1.807, 2.05) is 0 Å². The van der Waals surface area contributed by atoms with E-state index in [9.17, 15) is 15.3 Å². The molecule has 0 saturated carbocycles. The van der Waals surface area contributed by atoms with E-state index in [0.29, 0.717) is 6.61 Å². The Morgan fingerprint density at radius 3 is 2.33 bits per heavy atom. The normalized spacial score (nSPS) is 36.3. The van der Waals surface area contributed by atoms with Crippen LogP contribution in [0.1, 0.15) is 0 Å². The Bertz CT molecular complexity index is 269. The maximum absolute atomic E-state index is 9.98. The van der Waals surface area contributed by atoms with Gasteiger partial charge in [-0.1, -0.05) is 12.2 Å². The van der Waals surface area contributed by atoms with Gasteiger partial charge in [-0.05, 0) is 0 Å². The highest BCUT2D eigenvalue weighted by Crippen LogP contribution is 2.22. The smallest absolute Gasteiger partial charge is 0.184 e. The van der Waals surface area contributed by atoms with Gasteiger partial charge in [-0.25, -0.2) is 0 Å². The first kappa shape index (κ1) is 15.3. The van der Waals surface area contributed by atoms with Gasteiger partial charge in [0.15, 0.2) is 6.29 Å². The molecule has 3 N–H and O–H groups in total. The number of aliphatic hydroxyl groups is 3. The van der Waals surface area contributed by atoms with Crippen LogP contribution in [0, 0.1) is 0 Å². The van der Waals surface area contributed by atoms with Crippen LogP contribution in [-0.2, 0) is 14.2 Å². The van der Waals surface area contributed by atoms with Crippen LogP contribution in [0.15, 0.2) is 25.3 Å². The predicted molar refractivity (Wildman–Crippen MR) is 63.8 cm³/mol. The summed E-state index contributed by atoms with van der Waals surface area (Å²) in [7, 11) is 0. The second-order valence-corrected chi connectivity index (χ2v) is 3.96. The molecule has 1 aliphatic heterocycles. The van der Waals surface area contributed by atoms with E-state index >= 15 is 0 Å². The van der Waals surface area contributed by atoms with Crippen molar-refractivity contribution in [1.82, 2.24) is 0 Å². The molecule has 0 amide bonds. The van der Waals surface area contributed by atoms with Crippen molar-refractivity contribution in [2.75, 3.05) is 19.8 Å². The third-order valence-corrected chi connectivity index (χ3v) is 2.58. The molecule has 6 nitrogen and oxygen atoms in total. The Kier molecular flexibility index (Phi) is 6.48. The maximum Gasteiger partial charge on any atom is 0.184 e. The lowest BCUT2D eigenvalue weighted by Crippen LogP contribution is -2.59. The summed E-state index contributed by atoms with van der Waals surface area (Å²) in [6, 6.07) is 0. The van der Waals surface area contributed by atoms with Crippen LogP contribution in [0.3, 0.4) is 0 Å². The summed E-state index contributed by atoms with van der Waals surface area (Å²) in [5, 5.41) is 29.2. The van der Waals surface area contributed by atoms with Crippen molar-refractivity contribution in [1.29, 1.82) is 0 Å². The third-order valence-electron chi connectivity index (χ3n) is 2.58. The first-order chi connectivity index (χ1) is 8.61. The molecule has 0 bridgehead atoms. The van der Waals surface area contributed by atoms with E-state index in [-0.39, 0.29) is 13.2 Å². The third kappa shape index (κ3) is 3.88. The molecule has 0 aromatic heterocycles. The van der Waals surface area contributed by atoms with E-state index in [2.05, 4.69) is 13.2 Å². The molecule has 0 aliphatic carbocycles. The molecule has 1 saturated heterocycles. The minimum absolute atomic E-state index is 0.0743. The van der Waals surface area contributed by atoms with Gasteiger partial charge in [0.25, 0.3) is 0 Å². The Hall–Kier alpha value is -0.760. The van der Waals surface area contributed by atoms with Gasteiger partial charge < -0.3 is 29.5 Å². The second kappa shape index (κ2) is 7.63. The maximum atomic E-state index is 9.98. The zero-order valence-corrected chi connectivity index (χ0v) is 10.1. The molecule has 1 heterocycles. The van der Waals surface area contributed by atoms with Crippen molar-refractivity contribution in [3.05, 3.63) is 25.3 Å². The molecule has 18 heavy (non-hydrogen) atoms. The van der Waals surface area contributed by atoms with E-state index in [4.69, 9.17) is 14.2 Å². The zero-order valence-electron chi connectivity index (χ0n) is 10.1. The molecule has 1 aliphatic rings. The fraction of sp³-hybridized carbons (Fsp3) is 0.667. The highest BCUT2D eigenvalue weighted by Gasteiger charge is 2.44. The SMILES string of the molecule is C=CCOC[C@H]1O[C@H](O)[C@@H](O)[C@@H](OCC=C)[C@@H]1O. The standard InChI is InChI=1S/C12H20O6/c1-3-5-16-7-8-9(13)11(17-6-4-2)10(14)12(15)18-8/h3-4,8-15H,1-2,5-7H2/t8-,9-,10+,11+,12+/m1/s1. The Balaban J connectivity index is 2.58. The van der Waals surface area contributed by atoms with Crippen LogP contribution in [0.5, 0.6) is 0 Å². The van der Waals surface area contributed by atoms with Gasteiger partial charge in [0.05, 0.1) is 19.8 Å². The summed E-state index contributed by atoms with van der Waals surface area (Å²) in [4.78, 5) is 0. The van der Waals surface area contributed by atoms with Gasteiger partial charge in [0.1, 0.15) is 24.4 Å². The number of aliphatic hydroxyl groups excluding tert-OH is 3.